The number of thiophene rings is 1. The van der Waals surface area contributed by atoms with Crippen molar-refractivity contribution in [2.24, 2.45) is 5.41 Å². The summed E-state index contributed by atoms with van der Waals surface area (Å²) in [5.74, 6) is 0.892. The molecule has 1 N–H and O–H groups in total. The van der Waals surface area contributed by atoms with E-state index in [9.17, 15) is 18.0 Å². The molecule has 150 valence electrons. The average Bonchev–Trinajstić information content (AvgIpc) is 3.19. The Hall–Kier alpha value is -1.94. The first kappa shape index (κ1) is 18.1. The Labute approximate surface area is 163 Å². The van der Waals surface area contributed by atoms with E-state index >= 15 is 0 Å². The molecular weight excluding hydrogens is 391 g/mol. The number of anilines is 1. The molecule has 0 saturated carbocycles. The van der Waals surface area contributed by atoms with Gasteiger partial charge in [-0.1, -0.05) is 0 Å². The topological polar surface area (TPSA) is 61.4 Å². The van der Waals surface area contributed by atoms with Crippen LogP contribution in [-0.2, 0) is 11.2 Å². The fourth-order valence-corrected chi connectivity index (χ4v) is 5.60. The van der Waals surface area contributed by atoms with Gasteiger partial charge in [0.1, 0.15) is 17.0 Å². The SMILES string of the molecule is O=C([C@@H]1CCCN1)N1CC2(C1)CN(c1ncnc3sc(CC(F)(F)F)cc13)C2. The molecule has 5 rings (SSSR count). The van der Waals surface area contributed by atoms with Crippen LogP contribution in [-0.4, -0.2) is 65.7 Å². The first-order valence-corrected chi connectivity index (χ1v) is 10.2. The van der Waals surface area contributed by atoms with Crippen LogP contribution in [0, 0.1) is 5.41 Å². The monoisotopic (exact) mass is 411 g/mol. The molecule has 1 amide bonds. The second kappa shape index (κ2) is 6.28. The second-order valence-corrected chi connectivity index (χ2v) is 9.24. The lowest BCUT2D eigenvalue weighted by Gasteiger charge is -2.60. The molecular formula is C18H20F3N5OS. The largest absolute Gasteiger partial charge is 0.393 e. The predicted octanol–water partition coefficient (Wildman–Crippen LogP) is 2.20. The van der Waals surface area contributed by atoms with E-state index in [0.717, 1.165) is 56.9 Å². The first-order chi connectivity index (χ1) is 13.3. The molecule has 3 fully saturated rings. The van der Waals surface area contributed by atoms with Gasteiger partial charge in [0.2, 0.25) is 5.91 Å². The molecule has 3 saturated heterocycles. The van der Waals surface area contributed by atoms with Crippen LogP contribution in [0.4, 0.5) is 19.0 Å². The molecule has 0 radical (unpaired) electrons. The number of hydrogen-bond acceptors (Lipinski definition) is 6. The molecule has 1 atom stereocenters. The van der Waals surface area contributed by atoms with Gasteiger partial charge in [0, 0.05) is 36.5 Å². The normalized spacial score (nSPS) is 23.9. The van der Waals surface area contributed by atoms with Crippen molar-refractivity contribution in [3.05, 3.63) is 17.3 Å². The third-order valence-corrected chi connectivity index (χ3v) is 6.85. The third kappa shape index (κ3) is 3.12. The van der Waals surface area contributed by atoms with E-state index in [0.29, 0.717) is 16.0 Å². The fourth-order valence-electron chi connectivity index (χ4n) is 4.58. The summed E-state index contributed by atoms with van der Waals surface area (Å²) in [6.45, 7) is 3.94. The van der Waals surface area contributed by atoms with Crippen LogP contribution in [0.5, 0.6) is 0 Å². The van der Waals surface area contributed by atoms with Gasteiger partial charge in [-0.3, -0.25) is 4.79 Å². The highest BCUT2D eigenvalue weighted by molar-refractivity contribution is 7.18. The predicted molar refractivity (Wildman–Crippen MR) is 99.4 cm³/mol. The minimum Gasteiger partial charge on any atom is -0.354 e. The van der Waals surface area contributed by atoms with Crippen molar-refractivity contribution < 1.29 is 18.0 Å². The van der Waals surface area contributed by atoms with E-state index in [-0.39, 0.29) is 22.2 Å². The van der Waals surface area contributed by atoms with Crippen LogP contribution in [0.2, 0.25) is 0 Å². The number of carbonyl (C=O) groups excluding carboxylic acids is 1. The smallest absolute Gasteiger partial charge is 0.354 e. The highest BCUT2D eigenvalue weighted by atomic mass is 32.1. The lowest BCUT2D eigenvalue weighted by atomic mass is 9.72. The summed E-state index contributed by atoms with van der Waals surface area (Å²) in [7, 11) is 0. The van der Waals surface area contributed by atoms with Crippen molar-refractivity contribution in [3.8, 4) is 0 Å². The number of nitrogens with one attached hydrogen (secondary N) is 1. The summed E-state index contributed by atoms with van der Waals surface area (Å²) in [5, 5.41) is 3.93. The van der Waals surface area contributed by atoms with E-state index in [1.807, 2.05) is 4.90 Å². The molecule has 5 heterocycles. The Balaban J connectivity index is 1.25. The number of hydrogen-bond donors (Lipinski definition) is 1. The van der Waals surface area contributed by atoms with Crippen LogP contribution < -0.4 is 10.2 Å². The zero-order valence-electron chi connectivity index (χ0n) is 15.1. The van der Waals surface area contributed by atoms with Crippen LogP contribution >= 0.6 is 11.3 Å². The molecule has 0 unspecified atom stereocenters. The summed E-state index contributed by atoms with van der Waals surface area (Å²) >= 11 is 1.07. The summed E-state index contributed by atoms with van der Waals surface area (Å²) in [4.78, 5) is 25.7. The molecule has 0 aromatic carbocycles. The lowest BCUT2D eigenvalue weighted by molar-refractivity contribution is -0.147. The Bertz CT molecular complexity index is 910. The Morgan fingerprint density at radius 2 is 2.07 bits per heavy atom. The van der Waals surface area contributed by atoms with Crippen LogP contribution in [0.15, 0.2) is 12.4 Å². The van der Waals surface area contributed by atoms with E-state index in [1.165, 1.54) is 6.33 Å². The molecule has 3 aliphatic heterocycles. The highest BCUT2D eigenvalue weighted by Crippen LogP contribution is 2.44. The second-order valence-electron chi connectivity index (χ2n) is 8.12. The van der Waals surface area contributed by atoms with Gasteiger partial charge in [0.05, 0.1) is 17.8 Å². The molecule has 0 bridgehead atoms. The van der Waals surface area contributed by atoms with Gasteiger partial charge in [-0.2, -0.15) is 13.2 Å². The molecule has 2 aromatic heterocycles. The number of fused-ring (bicyclic) bond motifs is 1. The van der Waals surface area contributed by atoms with Gasteiger partial charge < -0.3 is 15.1 Å². The quantitative estimate of drug-likeness (QED) is 0.839. The van der Waals surface area contributed by atoms with Crippen LogP contribution in [0.25, 0.3) is 10.2 Å². The van der Waals surface area contributed by atoms with Crippen molar-refractivity contribution in [2.75, 3.05) is 37.6 Å². The number of rotatable bonds is 3. The average molecular weight is 411 g/mol. The minimum atomic E-state index is -4.23. The van der Waals surface area contributed by atoms with Crippen molar-refractivity contribution in [1.29, 1.82) is 0 Å². The molecule has 3 aliphatic rings. The number of aromatic nitrogens is 2. The van der Waals surface area contributed by atoms with E-state index in [4.69, 9.17) is 0 Å². The van der Waals surface area contributed by atoms with Gasteiger partial charge in [0.15, 0.2) is 0 Å². The van der Waals surface area contributed by atoms with Crippen molar-refractivity contribution in [3.63, 3.8) is 0 Å². The summed E-state index contributed by atoms with van der Waals surface area (Å²) in [6.07, 6.45) is -1.80. The maximum Gasteiger partial charge on any atom is 0.393 e. The Morgan fingerprint density at radius 1 is 1.29 bits per heavy atom. The molecule has 10 heteroatoms. The number of alkyl halides is 3. The highest BCUT2D eigenvalue weighted by Gasteiger charge is 2.54. The zero-order chi connectivity index (χ0) is 19.5. The van der Waals surface area contributed by atoms with Crippen LogP contribution in [0.1, 0.15) is 17.7 Å². The molecule has 2 aromatic rings. The van der Waals surface area contributed by atoms with E-state index < -0.39 is 12.6 Å². The maximum absolute atomic E-state index is 12.7. The number of halogens is 3. The van der Waals surface area contributed by atoms with E-state index in [1.54, 1.807) is 6.07 Å². The summed E-state index contributed by atoms with van der Waals surface area (Å²) in [6, 6.07) is 1.53. The van der Waals surface area contributed by atoms with Crippen LogP contribution in [0.3, 0.4) is 0 Å². The summed E-state index contributed by atoms with van der Waals surface area (Å²) in [5.41, 5.74) is 0.0936. The van der Waals surface area contributed by atoms with Crippen molar-refractivity contribution >= 4 is 33.3 Å². The fraction of sp³-hybridized carbons (Fsp3) is 0.611. The molecule has 6 nitrogen and oxygen atoms in total. The van der Waals surface area contributed by atoms with Crippen molar-refractivity contribution in [2.45, 2.75) is 31.5 Å². The van der Waals surface area contributed by atoms with Gasteiger partial charge in [-0.05, 0) is 25.5 Å². The first-order valence-electron chi connectivity index (χ1n) is 9.39. The van der Waals surface area contributed by atoms with Gasteiger partial charge >= 0.3 is 6.18 Å². The Morgan fingerprint density at radius 3 is 2.75 bits per heavy atom. The van der Waals surface area contributed by atoms with E-state index in [2.05, 4.69) is 20.2 Å². The van der Waals surface area contributed by atoms with Crippen molar-refractivity contribution in [1.82, 2.24) is 20.2 Å². The standard InChI is InChI=1S/C18H20F3N5OS/c19-18(20,21)5-11-4-12-14(23-10-24-15(12)28-11)25-6-17(7-25)8-26(9-17)16(27)13-2-1-3-22-13/h4,10,13,22H,1-3,5-9H2/t13-/m0/s1. The number of likely N-dealkylation sites (tertiary alicyclic amines) is 1. The van der Waals surface area contributed by atoms with Gasteiger partial charge in [-0.25, -0.2) is 9.97 Å². The van der Waals surface area contributed by atoms with Gasteiger partial charge in [-0.15, -0.1) is 11.3 Å². The molecule has 1 spiro atoms. The van der Waals surface area contributed by atoms with Gasteiger partial charge in [0.25, 0.3) is 0 Å². The number of amides is 1. The lowest BCUT2D eigenvalue weighted by Crippen LogP contribution is -2.74. The summed E-state index contributed by atoms with van der Waals surface area (Å²) < 4.78 is 38.1. The molecule has 0 aliphatic carbocycles. The Kier molecular flexibility index (Phi) is 4.06. The maximum atomic E-state index is 12.7. The third-order valence-electron chi connectivity index (χ3n) is 5.81. The molecule has 28 heavy (non-hydrogen) atoms. The zero-order valence-corrected chi connectivity index (χ0v) is 15.9. The number of carbonyl (C=O) groups is 1. The number of nitrogens with zero attached hydrogens (tertiary/aromatic N) is 4. The minimum absolute atomic E-state index is 0.0344.